The smallest absolute Gasteiger partial charge is 0.185 e. The zero-order valence-electron chi connectivity index (χ0n) is 19.0. The van der Waals surface area contributed by atoms with Gasteiger partial charge in [0.15, 0.2) is 12.6 Å². The van der Waals surface area contributed by atoms with Gasteiger partial charge in [0.25, 0.3) is 0 Å². The van der Waals surface area contributed by atoms with Crippen LogP contribution < -0.4 is 28.3 Å². The molecule has 0 aromatic carbocycles. The van der Waals surface area contributed by atoms with Crippen LogP contribution in [0.4, 0.5) is 0 Å². The summed E-state index contributed by atoms with van der Waals surface area (Å²) in [5, 5.41) is 34.9. The first-order valence-electron chi connectivity index (χ1n) is 11.3. The van der Waals surface area contributed by atoms with Crippen LogP contribution in [0.3, 0.4) is 0 Å². The van der Waals surface area contributed by atoms with Crippen molar-refractivity contribution in [3.63, 3.8) is 0 Å². The van der Waals surface area contributed by atoms with Crippen LogP contribution in [-0.2, 0) is 18.9 Å². The van der Waals surface area contributed by atoms with Crippen molar-refractivity contribution in [2.45, 2.75) is 112 Å². The van der Waals surface area contributed by atoms with Gasteiger partial charge in [0.1, 0.15) is 30.0 Å². The molecule has 0 spiro atoms. The SMILES string of the molecule is CNC(C)C1CCC(N)C(OC2C(N)CC(N)C(OC3OCC(C)(O)C(N)C3O)C2O)O1. The van der Waals surface area contributed by atoms with Gasteiger partial charge in [0.05, 0.1) is 24.8 Å². The van der Waals surface area contributed by atoms with Crippen LogP contribution in [0.25, 0.3) is 0 Å². The van der Waals surface area contributed by atoms with Gasteiger partial charge in [-0.05, 0) is 40.2 Å². The van der Waals surface area contributed by atoms with Gasteiger partial charge in [0.2, 0.25) is 0 Å². The molecule has 0 aromatic rings. The Morgan fingerprint density at radius 3 is 2.16 bits per heavy atom. The highest BCUT2D eigenvalue weighted by atomic mass is 16.7. The molecule has 1 saturated carbocycles. The van der Waals surface area contributed by atoms with Crippen LogP contribution in [0.2, 0.25) is 0 Å². The molecule has 12 N–H and O–H groups in total. The van der Waals surface area contributed by atoms with E-state index in [0.717, 1.165) is 6.42 Å². The molecule has 3 aliphatic rings. The Balaban J connectivity index is 1.67. The highest BCUT2D eigenvalue weighted by Gasteiger charge is 2.50. The molecule has 0 radical (unpaired) electrons. The Hall–Kier alpha value is -0.480. The number of aliphatic hydroxyl groups excluding tert-OH is 2. The maximum Gasteiger partial charge on any atom is 0.185 e. The summed E-state index contributed by atoms with van der Waals surface area (Å²) in [5.41, 5.74) is 23.2. The van der Waals surface area contributed by atoms with Crippen molar-refractivity contribution in [1.82, 2.24) is 5.32 Å². The number of ether oxygens (including phenoxy) is 4. The number of nitrogens with two attached hydrogens (primary N) is 4. The Labute approximate surface area is 188 Å². The highest BCUT2D eigenvalue weighted by Crippen LogP contribution is 2.31. The van der Waals surface area contributed by atoms with Crippen molar-refractivity contribution < 1.29 is 34.3 Å². The summed E-state index contributed by atoms with van der Waals surface area (Å²) < 4.78 is 23.5. The number of rotatable bonds is 6. The molecule has 2 heterocycles. The molecule has 3 fully saturated rings. The van der Waals surface area contributed by atoms with Gasteiger partial charge >= 0.3 is 0 Å². The predicted molar refractivity (Wildman–Crippen MR) is 115 cm³/mol. The fourth-order valence-electron chi connectivity index (χ4n) is 4.57. The third-order valence-electron chi connectivity index (χ3n) is 7.00. The summed E-state index contributed by atoms with van der Waals surface area (Å²) >= 11 is 0. The van der Waals surface area contributed by atoms with Crippen LogP contribution in [0.15, 0.2) is 0 Å². The van der Waals surface area contributed by atoms with Gasteiger partial charge in [-0.15, -0.1) is 0 Å². The topological polar surface area (TPSA) is 214 Å². The average Bonchev–Trinajstić information content (AvgIpc) is 2.74. The van der Waals surface area contributed by atoms with Gasteiger partial charge in [0, 0.05) is 18.1 Å². The third kappa shape index (κ3) is 5.43. The van der Waals surface area contributed by atoms with E-state index in [2.05, 4.69) is 5.32 Å². The first-order valence-corrected chi connectivity index (χ1v) is 11.3. The molecule has 2 saturated heterocycles. The molecule has 13 atom stereocenters. The molecule has 3 rings (SSSR count). The van der Waals surface area contributed by atoms with Crippen molar-refractivity contribution in [2.75, 3.05) is 13.7 Å². The molecule has 0 amide bonds. The first kappa shape index (κ1) is 26.1. The van der Waals surface area contributed by atoms with Gasteiger partial charge in [-0.25, -0.2) is 0 Å². The summed E-state index contributed by atoms with van der Waals surface area (Å²) in [5.74, 6) is 0. The number of aliphatic hydroxyl groups is 3. The maximum atomic E-state index is 11.1. The molecule has 12 nitrogen and oxygen atoms in total. The molecule has 188 valence electrons. The Kier molecular flexibility index (Phi) is 8.51. The summed E-state index contributed by atoms with van der Waals surface area (Å²) in [6.07, 6.45) is -4.52. The fraction of sp³-hybridized carbons (Fsp3) is 1.00. The standard InChI is InChI=1S/C20H41N5O7/c1-8(25-3)12-5-4-9(21)18(30-12)31-15-10(22)6-11(23)16(13(15)26)32-19-14(27)17(24)20(2,28)7-29-19/h8-19,25-28H,4-7,21-24H2,1-3H3. The average molecular weight is 464 g/mol. The van der Waals surface area contributed by atoms with Crippen molar-refractivity contribution in [3.8, 4) is 0 Å². The van der Waals surface area contributed by atoms with Crippen LogP contribution in [-0.4, -0.2) is 108 Å². The lowest BCUT2D eigenvalue weighted by Gasteiger charge is -2.48. The Morgan fingerprint density at radius 2 is 1.56 bits per heavy atom. The largest absolute Gasteiger partial charge is 0.388 e. The summed E-state index contributed by atoms with van der Waals surface area (Å²) in [6.45, 7) is 3.35. The van der Waals surface area contributed by atoms with Crippen molar-refractivity contribution in [2.24, 2.45) is 22.9 Å². The second-order valence-electron chi connectivity index (χ2n) is 9.67. The van der Waals surface area contributed by atoms with E-state index in [1.54, 1.807) is 0 Å². The van der Waals surface area contributed by atoms with Gasteiger partial charge < -0.3 is 62.5 Å². The summed E-state index contributed by atoms with van der Waals surface area (Å²) in [4.78, 5) is 0. The van der Waals surface area contributed by atoms with E-state index in [0.29, 0.717) is 12.8 Å². The minimum Gasteiger partial charge on any atom is -0.388 e. The Morgan fingerprint density at radius 1 is 0.969 bits per heavy atom. The lowest BCUT2D eigenvalue weighted by molar-refractivity contribution is -0.305. The lowest BCUT2D eigenvalue weighted by atomic mass is 9.84. The zero-order valence-corrected chi connectivity index (χ0v) is 19.0. The molecule has 13 unspecified atom stereocenters. The van der Waals surface area contributed by atoms with Crippen molar-refractivity contribution in [3.05, 3.63) is 0 Å². The second kappa shape index (κ2) is 10.4. The van der Waals surface area contributed by atoms with Gasteiger partial charge in [-0.1, -0.05) is 0 Å². The molecule has 12 heteroatoms. The second-order valence-corrected chi connectivity index (χ2v) is 9.67. The van der Waals surface area contributed by atoms with E-state index in [1.807, 2.05) is 14.0 Å². The number of nitrogens with one attached hydrogen (secondary N) is 1. The van der Waals surface area contributed by atoms with E-state index in [-0.39, 0.29) is 24.8 Å². The molecule has 0 bridgehead atoms. The number of hydrogen-bond donors (Lipinski definition) is 8. The lowest BCUT2D eigenvalue weighted by Crippen LogP contribution is -2.68. The molecule has 0 aromatic heterocycles. The zero-order chi connectivity index (χ0) is 23.8. The predicted octanol–water partition coefficient (Wildman–Crippen LogP) is -3.59. The van der Waals surface area contributed by atoms with Crippen molar-refractivity contribution >= 4 is 0 Å². The van der Waals surface area contributed by atoms with E-state index < -0.39 is 60.7 Å². The highest BCUT2D eigenvalue weighted by molar-refractivity contribution is 5.01. The number of hydrogen-bond acceptors (Lipinski definition) is 12. The van der Waals surface area contributed by atoms with E-state index in [1.165, 1.54) is 6.92 Å². The minimum absolute atomic E-state index is 0.0869. The summed E-state index contributed by atoms with van der Waals surface area (Å²) in [6, 6.07) is -2.46. The maximum absolute atomic E-state index is 11.1. The van der Waals surface area contributed by atoms with E-state index >= 15 is 0 Å². The van der Waals surface area contributed by atoms with Crippen LogP contribution in [0.1, 0.15) is 33.1 Å². The quantitative estimate of drug-likeness (QED) is 0.192. The van der Waals surface area contributed by atoms with Crippen LogP contribution in [0, 0.1) is 0 Å². The first-order chi connectivity index (χ1) is 15.0. The fourth-order valence-corrected chi connectivity index (χ4v) is 4.57. The molecular weight excluding hydrogens is 422 g/mol. The normalized spacial score (nSPS) is 51.4. The van der Waals surface area contributed by atoms with Crippen molar-refractivity contribution in [1.29, 1.82) is 0 Å². The van der Waals surface area contributed by atoms with Gasteiger partial charge in [-0.2, -0.15) is 0 Å². The molecule has 32 heavy (non-hydrogen) atoms. The monoisotopic (exact) mass is 463 g/mol. The Bertz CT molecular complexity index is 617. The van der Waals surface area contributed by atoms with E-state index in [4.69, 9.17) is 41.9 Å². The van der Waals surface area contributed by atoms with Crippen LogP contribution >= 0.6 is 0 Å². The van der Waals surface area contributed by atoms with Gasteiger partial charge in [-0.3, -0.25) is 0 Å². The third-order valence-corrected chi connectivity index (χ3v) is 7.00. The minimum atomic E-state index is -1.41. The van der Waals surface area contributed by atoms with Crippen LogP contribution in [0.5, 0.6) is 0 Å². The molecule has 2 aliphatic heterocycles. The summed E-state index contributed by atoms with van der Waals surface area (Å²) in [7, 11) is 1.86. The number of likely N-dealkylation sites (N-methyl/N-ethyl adjacent to an activating group) is 1. The molecule has 1 aliphatic carbocycles. The van der Waals surface area contributed by atoms with E-state index in [9.17, 15) is 15.3 Å². The molecular formula is C20H41N5O7.